The minimum Gasteiger partial charge on any atom is -0.444 e. The molecule has 4 heteroatoms. The summed E-state index contributed by atoms with van der Waals surface area (Å²) in [6.45, 7) is 9.68. The molecule has 0 aromatic heterocycles. The third-order valence-corrected chi connectivity index (χ3v) is 2.05. The molecule has 0 saturated carbocycles. The molecule has 0 aliphatic carbocycles. The van der Waals surface area contributed by atoms with Gasteiger partial charge in [-0.3, -0.25) is 0 Å². The van der Waals surface area contributed by atoms with Crippen LogP contribution in [0.3, 0.4) is 0 Å². The standard InChI is InChI=1S/C12H24N2O2/c1-9(2)10(7-8-13-6)14-11(15)16-12(3,4)5/h8-10H,7H2,1-6H3,(H,14,15)/b13-8-/t10-/m0/s1. The Labute approximate surface area is 98.5 Å². The van der Waals surface area contributed by atoms with Gasteiger partial charge >= 0.3 is 6.09 Å². The van der Waals surface area contributed by atoms with Crippen molar-refractivity contribution in [2.24, 2.45) is 10.9 Å². The number of amides is 1. The first-order chi connectivity index (χ1) is 7.26. The smallest absolute Gasteiger partial charge is 0.407 e. The van der Waals surface area contributed by atoms with E-state index in [0.717, 1.165) is 6.42 Å². The van der Waals surface area contributed by atoms with Crippen molar-refractivity contribution in [1.29, 1.82) is 0 Å². The fourth-order valence-corrected chi connectivity index (χ4v) is 1.18. The van der Waals surface area contributed by atoms with Gasteiger partial charge in [0.05, 0.1) is 0 Å². The van der Waals surface area contributed by atoms with Gasteiger partial charge < -0.3 is 15.0 Å². The molecule has 1 amide bonds. The van der Waals surface area contributed by atoms with Gasteiger partial charge in [-0.25, -0.2) is 4.79 Å². The van der Waals surface area contributed by atoms with E-state index in [1.165, 1.54) is 0 Å². The Morgan fingerprint density at radius 2 is 2.00 bits per heavy atom. The molecular formula is C12H24N2O2. The van der Waals surface area contributed by atoms with Crippen LogP contribution in [-0.2, 0) is 4.74 Å². The summed E-state index contributed by atoms with van der Waals surface area (Å²) in [5, 5.41) is 2.86. The van der Waals surface area contributed by atoms with Crippen molar-refractivity contribution < 1.29 is 9.53 Å². The van der Waals surface area contributed by atoms with Gasteiger partial charge in [0.1, 0.15) is 5.60 Å². The molecule has 0 bridgehead atoms. The number of ether oxygens (including phenoxy) is 1. The van der Waals surface area contributed by atoms with Crippen LogP contribution in [0.1, 0.15) is 41.0 Å². The summed E-state index contributed by atoms with van der Waals surface area (Å²) in [5.74, 6) is 0.352. The minimum atomic E-state index is -0.454. The lowest BCUT2D eigenvalue weighted by atomic mass is 10.0. The number of hydrogen-bond acceptors (Lipinski definition) is 3. The average molecular weight is 228 g/mol. The highest BCUT2D eigenvalue weighted by molar-refractivity contribution is 5.69. The number of hydrogen-bond donors (Lipinski definition) is 1. The number of nitrogens with zero attached hydrogens (tertiary/aromatic N) is 1. The zero-order valence-electron chi connectivity index (χ0n) is 11.2. The molecule has 0 unspecified atom stereocenters. The Kier molecular flexibility index (Phi) is 6.08. The molecule has 4 nitrogen and oxygen atoms in total. The van der Waals surface area contributed by atoms with Crippen LogP contribution in [0.4, 0.5) is 4.79 Å². The van der Waals surface area contributed by atoms with Crippen LogP contribution in [0.15, 0.2) is 4.99 Å². The second kappa shape index (κ2) is 6.51. The van der Waals surface area contributed by atoms with Gasteiger partial charge in [0.25, 0.3) is 0 Å². The molecule has 0 rings (SSSR count). The summed E-state index contributed by atoms with van der Waals surface area (Å²) < 4.78 is 5.20. The highest BCUT2D eigenvalue weighted by Crippen LogP contribution is 2.09. The van der Waals surface area contributed by atoms with Crippen LogP contribution in [-0.4, -0.2) is 31.0 Å². The molecular weight excluding hydrogens is 204 g/mol. The summed E-state index contributed by atoms with van der Waals surface area (Å²) in [6.07, 6.45) is 2.17. The van der Waals surface area contributed by atoms with Crippen molar-refractivity contribution in [3.05, 3.63) is 0 Å². The van der Waals surface area contributed by atoms with Gasteiger partial charge in [0.15, 0.2) is 0 Å². The Hall–Kier alpha value is -1.06. The van der Waals surface area contributed by atoms with Gasteiger partial charge in [0.2, 0.25) is 0 Å². The molecule has 1 N–H and O–H groups in total. The molecule has 1 atom stereocenters. The molecule has 0 heterocycles. The molecule has 0 aromatic rings. The molecule has 0 aromatic carbocycles. The van der Waals surface area contributed by atoms with Crippen molar-refractivity contribution in [3.8, 4) is 0 Å². The lowest BCUT2D eigenvalue weighted by Gasteiger charge is -2.24. The molecule has 0 radical (unpaired) electrons. The third-order valence-electron chi connectivity index (χ3n) is 2.05. The second-order valence-electron chi connectivity index (χ2n) is 5.17. The molecule has 0 spiro atoms. The van der Waals surface area contributed by atoms with Crippen LogP contribution in [0.5, 0.6) is 0 Å². The zero-order valence-corrected chi connectivity index (χ0v) is 11.2. The molecule has 0 saturated heterocycles. The molecule has 16 heavy (non-hydrogen) atoms. The van der Waals surface area contributed by atoms with E-state index in [1.807, 2.05) is 27.0 Å². The third kappa shape index (κ3) is 7.26. The number of rotatable bonds is 4. The van der Waals surface area contributed by atoms with Crippen molar-refractivity contribution in [2.45, 2.75) is 52.7 Å². The molecule has 0 fully saturated rings. The molecule has 0 aliphatic heterocycles. The number of aliphatic imine (C=N–C) groups is 1. The van der Waals surface area contributed by atoms with E-state index >= 15 is 0 Å². The fraction of sp³-hybridized carbons (Fsp3) is 0.833. The number of carbonyl (C=O) groups is 1. The predicted octanol–water partition coefficient (Wildman–Crippen LogP) is 2.63. The predicted molar refractivity (Wildman–Crippen MR) is 67.0 cm³/mol. The van der Waals surface area contributed by atoms with Crippen LogP contribution in [0.25, 0.3) is 0 Å². The van der Waals surface area contributed by atoms with Gasteiger partial charge in [-0.15, -0.1) is 0 Å². The van der Waals surface area contributed by atoms with E-state index in [4.69, 9.17) is 4.74 Å². The first-order valence-corrected chi connectivity index (χ1v) is 5.66. The van der Waals surface area contributed by atoms with Crippen molar-refractivity contribution in [1.82, 2.24) is 5.32 Å². The van der Waals surface area contributed by atoms with E-state index in [1.54, 1.807) is 7.05 Å². The van der Waals surface area contributed by atoms with Gasteiger partial charge in [-0.2, -0.15) is 0 Å². The van der Waals surface area contributed by atoms with Crippen LogP contribution in [0, 0.1) is 5.92 Å². The summed E-state index contributed by atoms with van der Waals surface area (Å²) in [7, 11) is 1.73. The monoisotopic (exact) mass is 228 g/mol. The van der Waals surface area contributed by atoms with E-state index < -0.39 is 5.60 Å². The van der Waals surface area contributed by atoms with Crippen molar-refractivity contribution in [3.63, 3.8) is 0 Å². The van der Waals surface area contributed by atoms with Crippen LogP contribution >= 0.6 is 0 Å². The highest BCUT2D eigenvalue weighted by Gasteiger charge is 2.20. The van der Waals surface area contributed by atoms with Crippen LogP contribution in [0.2, 0.25) is 0 Å². The Bertz CT molecular complexity index is 242. The minimum absolute atomic E-state index is 0.0681. The normalized spacial score (nSPS) is 14.2. The lowest BCUT2D eigenvalue weighted by molar-refractivity contribution is 0.0493. The summed E-state index contributed by atoms with van der Waals surface area (Å²) in [5.41, 5.74) is -0.454. The lowest BCUT2D eigenvalue weighted by Crippen LogP contribution is -2.41. The maximum absolute atomic E-state index is 11.6. The Balaban J connectivity index is 4.24. The Morgan fingerprint density at radius 1 is 1.44 bits per heavy atom. The number of alkyl carbamates (subject to hydrolysis) is 1. The summed E-state index contributed by atoms with van der Waals surface area (Å²) >= 11 is 0. The van der Waals surface area contributed by atoms with E-state index in [-0.39, 0.29) is 12.1 Å². The zero-order chi connectivity index (χ0) is 12.8. The van der Waals surface area contributed by atoms with E-state index in [2.05, 4.69) is 24.2 Å². The maximum atomic E-state index is 11.6. The Morgan fingerprint density at radius 3 is 2.38 bits per heavy atom. The maximum Gasteiger partial charge on any atom is 0.407 e. The van der Waals surface area contributed by atoms with Crippen molar-refractivity contribution >= 4 is 12.3 Å². The summed E-state index contributed by atoms with van der Waals surface area (Å²) in [6, 6.07) is 0.0681. The van der Waals surface area contributed by atoms with Gasteiger partial charge in [0, 0.05) is 25.7 Å². The second-order valence-corrected chi connectivity index (χ2v) is 5.17. The van der Waals surface area contributed by atoms with Gasteiger partial charge in [-0.05, 0) is 26.7 Å². The van der Waals surface area contributed by atoms with Gasteiger partial charge in [-0.1, -0.05) is 13.8 Å². The SMILES string of the molecule is C/N=C\C[C@H](NC(=O)OC(C)(C)C)C(C)C. The molecule has 94 valence electrons. The van der Waals surface area contributed by atoms with E-state index in [0.29, 0.717) is 5.92 Å². The first kappa shape index (κ1) is 14.9. The summed E-state index contributed by atoms with van der Waals surface area (Å²) in [4.78, 5) is 15.5. The number of nitrogens with one attached hydrogen (secondary N) is 1. The largest absolute Gasteiger partial charge is 0.444 e. The van der Waals surface area contributed by atoms with Crippen LogP contribution < -0.4 is 5.32 Å². The van der Waals surface area contributed by atoms with Crippen molar-refractivity contribution in [2.75, 3.05) is 7.05 Å². The molecule has 0 aliphatic rings. The number of carbonyl (C=O) groups excluding carboxylic acids is 1. The highest BCUT2D eigenvalue weighted by atomic mass is 16.6. The fourth-order valence-electron chi connectivity index (χ4n) is 1.18. The van der Waals surface area contributed by atoms with E-state index in [9.17, 15) is 4.79 Å². The average Bonchev–Trinajstić information content (AvgIpc) is 2.08. The first-order valence-electron chi connectivity index (χ1n) is 5.66. The quantitative estimate of drug-likeness (QED) is 0.752. The topological polar surface area (TPSA) is 50.7 Å².